The van der Waals surface area contributed by atoms with Crippen LogP contribution in [0.4, 0.5) is 11.6 Å². The molecule has 0 aromatic carbocycles. The van der Waals surface area contributed by atoms with Crippen LogP contribution < -0.4 is 11.1 Å². The van der Waals surface area contributed by atoms with Gasteiger partial charge in [0.2, 0.25) is 0 Å². The van der Waals surface area contributed by atoms with Gasteiger partial charge in [-0.1, -0.05) is 6.07 Å². The van der Waals surface area contributed by atoms with Gasteiger partial charge in [0.05, 0.1) is 18.0 Å². The number of hydrogen-bond donors (Lipinski definition) is 3. The molecule has 0 bridgehead atoms. The number of aliphatic hydroxyl groups is 1. The second-order valence-electron chi connectivity index (χ2n) is 5.73. The summed E-state index contributed by atoms with van der Waals surface area (Å²) in [6.45, 7) is 4.24. The smallest absolute Gasteiger partial charge is 0.162 e. The number of nitrogens with two attached hydrogens (primary N) is 1. The highest BCUT2D eigenvalue weighted by molar-refractivity contribution is 5.69. The SMILES string of the molecule is Cc1nn2c(N)c(C#N)c(NCCc3cccc(CO)n3)nc2c1C. The second kappa shape index (κ2) is 6.75. The van der Waals surface area contributed by atoms with Crippen molar-refractivity contribution < 1.29 is 5.11 Å². The van der Waals surface area contributed by atoms with Crippen LogP contribution in [0.3, 0.4) is 0 Å². The third kappa shape index (κ3) is 3.09. The van der Waals surface area contributed by atoms with Crippen LogP contribution in [0.1, 0.15) is 28.2 Å². The quantitative estimate of drug-likeness (QED) is 0.641. The molecular formula is C17H19N7O. The molecule has 0 unspecified atom stereocenters. The number of nitrogen functional groups attached to an aromatic ring is 1. The molecule has 0 spiro atoms. The summed E-state index contributed by atoms with van der Waals surface area (Å²) in [5, 5.41) is 26.1. The van der Waals surface area contributed by atoms with Gasteiger partial charge in [-0.05, 0) is 26.0 Å². The van der Waals surface area contributed by atoms with E-state index in [4.69, 9.17) is 10.8 Å². The van der Waals surface area contributed by atoms with Crippen LogP contribution in [-0.4, -0.2) is 31.2 Å². The van der Waals surface area contributed by atoms with E-state index in [1.54, 1.807) is 6.07 Å². The van der Waals surface area contributed by atoms with Gasteiger partial charge in [-0.3, -0.25) is 4.98 Å². The van der Waals surface area contributed by atoms with Gasteiger partial charge in [0.25, 0.3) is 0 Å². The van der Waals surface area contributed by atoms with E-state index in [1.165, 1.54) is 4.52 Å². The highest BCUT2D eigenvalue weighted by Crippen LogP contribution is 2.24. The minimum absolute atomic E-state index is 0.0888. The van der Waals surface area contributed by atoms with Crippen molar-refractivity contribution in [3.05, 3.63) is 46.4 Å². The molecule has 0 radical (unpaired) electrons. The Morgan fingerprint density at radius 1 is 1.28 bits per heavy atom. The molecule has 0 atom stereocenters. The van der Waals surface area contributed by atoms with Gasteiger partial charge >= 0.3 is 0 Å². The van der Waals surface area contributed by atoms with Crippen LogP contribution in [0.15, 0.2) is 18.2 Å². The van der Waals surface area contributed by atoms with Crippen LogP contribution >= 0.6 is 0 Å². The Morgan fingerprint density at radius 3 is 2.76 bits per heavy atom. The maximum absolute atomic E-state index is 9.43. The summed E-state index contributed by atoms with van der Waals surface area (Å²) >= 11 is 0. The average molecular weight is 337 g/mol. The predicted octanol–water partition coefficient (Wildman–Crippen LogP) is 1.34. The number of pyridine rings is 1. The largest absolute Gasteiger partial charge is 0.390 e. The zero-order valence-corrected chi connectivity index (χ0v) is 14.1. The van der Waals surface area contributed by atoms with Crippen molar-refractivity contribution >= 4 is 17.3 Å². The molecule has 8 nitrogen and oxygen atoms in total. The van der Waals surface area contributed by atoms with E-state index in [9.17, 15) is 5.26 Å². The van der Waals surface area contributed by atoms with Crippen LogP contribution in [-0.2, 0) is 13.0 Å². The van der Waals surface area contributed by atoms with Crippen molar-refractivity contribution in [2.45, 2.75) is 26.9 Å². The molecule has 8 heteroatoms. The van der Waals surface area contributed by atoms with Crippen LogP contribution in [0, 0.1) is 25.2 Å². The number of nitrogens with one attached hydrogen (secondary N) is 1. The lowest BCUT2D eigenvalue weighted by Gasteiger charge is -2.10. The van der Waals surface area contributed by atoms with Crippen LogP contribution in [0.2, 0.25) is 0 Å². The number of aliphatic hydroxyl groups excluding tert-OH is 1. The number of anilines is 2. The summed E-state index contributed by atoms with van der Waals surface area (Å²) in [5.74, 6) is 0.709. The normalized spacial score (nSPS) is 10.8. The van der Waals surface area contributed by atoms with E-state index in [1.807, 2.05) is 26.0 Å². The molecule has 3 rings (SSSR count). The van der Waals surface area contributed by atoms with Gasteiger partial charge in [0.1, 0.15) is 23.3 Å². The van der Waals surface area contributed by atoms with E-state index < -0.39 is 0 Å². The van der Waals surface area contributed by atoms with Crippen molar-refractivity contribution in [2.75, 3.05) is 17.6 Å². The monoisotopic (exact) mass is 337 g/mol. The fourth-order valence-corrected chi connectivity index (χ4v) is 2.58. The van der Waals surface area contributed by atoms with Crippen molar-refractivity contribution in [3.63, 3.8) is 0 Å². The number of aromatic nitrogens is 4. The average Bonchev–Trinajstić information content (AvgIpc) is 2.91. The van der Waals surface area contributed by atoms with Gasteiger partial charge in [-0.25, -0.2) is 4.98 Å². The maximum atomic E-state index is 9.43. The zero-order valence-electron chi connectivity index (χ0n) is 14.1. The van der Waals surface area contributed by atoms with E-state index >= 15 is 0 Å². The lowest BCUT2D eigenvalue weighted by Crippen LogP contribution is -2.13. The first-order valence-corrected chi connectivity index (χ1v) is 7.90. The Kier molecular flexibility index (Phi) is 4.50. The Bertz CT molecular complexity index is 971. The molecule has 0 saturated carbocycles. The third-order valence-electron chi connectivity index (χ3n) is 4.08. The number of nitriles is 1. The summed E-state index contributed by atoms with van der Waals surface area (Å²) in [5.41, 5.74) is 10.2. The fraction of sp³-hybridized carbons (Fsp3) is 0.294. The first-order valence-electron chi connectivity index (χ1n) is 7.90. The Balaban J connectivity index is 1.85. The maximum Gasteiger partial charge on any atom is 0.162 e. The predicted molar refractivity (Wildman–Crippen MR) is 93.9 cm³/mol. The highest BCUT2D eigenvalue weighted by atomic mass is 16.3. The molecule has 0 aliphatic carbocycles. The topological polar surface area (TPSA) is 125 Å². The standard InChI is InChI=1S/C17H19N7O/c1-10-11(2)23-24-15(19)14(8-18)16(22-17(10)24)20-7-6-12-4-3-5-13(9-25)21-12/h3-5,25H,6-7,9,19H2,1-2H3,(H,20,22). The number of aryl methyl sites for hydroxylation is 2. The van der Waals surface area contributed by atoms with Crippen molar-refractivity contribution in [1.82, 2.24) is 19.6 Å². The van der Waals surface area contributed by atoms with Crippen molar-refractivity contribution in [3.8, 4) is 6.07 Å². The highest BCUT2D eigenvalue weighted by Gasteiger charge is 2.16. The van der Waals surface area contributed by atoms with Gasteiger partial charge in [-0.15, -0.1) is 0 Å². The lowest BCUT2D eigenvalue weighted by atomic mass is 10.2. The Hall–Kier alpha value is -3.18. The Morgan fingerprint density at radius 2 is 2.04 bits per heavy atom. The van der Waals surface area contributed by atoms with Gasteiger partial charge < -0.3 is 16.2 Å². The molecule has 3 heterocycles. The third-order valence-corrected chi connectivity index (χ3v) is 4.08. The fourth-order valence-electron chi connectivity index (χ4n) is 2.58. The minimum Gasteiger partial charge on any atom is -0.390 e. The molecule has 0 aliphatic rings. The second-order valence-corrected chi connectivity index (χ2v) is 5.73. The first-order chi connectivity index (χ1) is 12.0. The molecule has 3 aromatic heterocycles. The number of fused-ring (bicyclic) bond motifs is 1. The number of nitrogens with zero attached hydrogens (tertiary/aromatic N) is 5. The molecule has 25 heavy (non-hydrogen) atoms. The van der Waals surface area contributed by atoms with Gasteiger partial charge in [0.15, 0.2) is 5.65 Å². The van der Waals surface area contributed by atoms with Crippen molar-refractivity contribution in [1.29, 1.82) is 5.26 Å². The number of hydrogen-bond acceptors (Lipinski definition) is 7. The van der Waals surface area contributed by atoms with Crippen LogP contribution in [0.5, 0.6) is 0 Å². The molecule has 128 valence electrons. The van der Waals surface area contributed by atoms with E-state index in [-0.39, 0.29) is 18.0 Å². The molecule has 0 fully saturated rings. The number of rotatable bonds is 5. The van der Waals surface area contributed by atoms with E-state index in [2.05, 4.69) is 26.5 Å². The minimum atomic E-state index is -0.0888. The van der Waals surface area contributed by atoms with Crippen molar-refractivity contribution in [2.24, 2.45) is 0 Å². The first kappa shape index (κ1) is 16.7. The molecule has 0 saturated heterocycles. The van der Waals surface area contributed by atoms with Crippen LogP contribution in [0.25, 0.3) is 5.65 Å². The Labute approximate surface area is 145 Å². The zero-order chi connectivity index (χ0) is 18.0. The summed E-state index contributed by atoms with van der Waals surface area (Å²) in [6.07, 6.45) is 0.628. The van der Waals surface area contributed by atoms with Gasteiger partial charge in [0, 0.05) is 24.2 Å². The molecule has 4 N–H and O–H groups in total. The summed E-state index contributed by atoms with van der Waals surface area (Å²) in [6, 6.07) is 7.61. The summed E-state index contributed by atoms with van der Waals surface area (Å²) in [7, 11) is 0. The lowest BCUT2D eigenvalue weighted by molar-refractivity contribution is 0.276. The van der Waals surface area contributed by atoms with Gasteiger partial charge in [-0.2, -0.15) is 14.9 Å². The summed E-state index contributed by atoms with van der Waals surface area (Å²) in [4.78, 5) is 8.85. The molecular weight excluding hydrogens is 318 g/mol. The molecule has 3 aromatic rings. The molecule has 0 amide bonds. The van der Waals surface area contributed by atoms with E-state index in [0.29, 0.717) is 30.1 Å². The van der Waals surface area contributed by atoms with E-state index in [0.717, 1.165) is 17.0 Å². The summed E-state index contributed by atoms with van der Waals surface area (Å²) < 4.78 is 1.50. The molecule has 0 aliphatic heterocycles.